The molecule has 3 heteroatoms. The molecule has 0 spiro atoms. The highest BCUT2D eigenvalue weighted by atomic mass is 32.2. The topological polar surface area (TPSA) is 49.9 Å². The van der Waals surface area contributed by atoms with Crippen molar-refractivity contribution < 1.29 is 0 Å². The lowest BCUT2D eigenvalue weighted by molar-refractivity contribution is 0.766. The monoisotopic (exact) mass is 306 g/mol. The van der Waals surface area contributed by atoms with Crippen molar-refractivity contribution in [1.29, 1.82) is 5.41 Å². The van der Waals surface area contributed by atoms with E-state index in [1.807, 2.05) is 27.7 Å². The summed E-state index contributed by atoms with van der Waals surface area (Å²) in [6, 6.07) is 0. The van der Waals surface area contributed by atoms with Crippen LogP contribution in [0.1, 0.15) is 48.5 Å². The van der Waals surface area contributed by atoms with E-state index in [2.05, 4.69) is 33.9 Å². The molecule has 0 fully saturated rings. The Labute approximate surface area is 134 Å². The van der Waals surface area contributed by atoms with Gasteiger partial charge in [0, 0.05) is 21.9 Å². The molecular formula is C18H30N2S. The van der Waals surface area contributed by atoms with Crippen LogP contribution in [0, 0.1) is 17.2 Å². The molecule has 0 aromatic heterocycles. The average Bonchev–Trinajstić information content (AvgIpc) is 2.33. The van der Waals surface area contributed by atoms with Gasteiger partial charge in [0.05, 0.1) is 0 Å². The van der Waals surface area contributed by atoms with E-state index in [4.69, 9.17) is 11.1 Å². The molecule has 0 saturated carbocycles. The third kappa shape index (κ3) is 5.58. The van der Waals surface area contributed by atoms with E-state index in [1.165, 1.54) is 10.5 Å². The van der Waals surface area contributed by atoms with Gasteiger partial charge in [0.25, 0.3) is 0 Å². The van der Waals surface area contributed by atoms with Crippen LogP contribution in [0.15, 0.2) is 45.4 Å². The van der Waals surface area contributed by atoms with Gasteiger partial charge in [-0.15, -0.1) is 0 Å². The van der Waals surface area contributed by atoms with Gasteiger partial charge < -0.3 is 11.1 Å². The smallest absolute Gasteiger partial charge is 0.0440 e. The molecule has 0 aliphatic heterocycles. The molecule has 0 saturated heterocycles. The van der Waals surface area contributed by atoms with E-state index >= 15 is 0 Å². The zero-order chi connectivity index (χ0) is 16.9. The Morgan fingerprint density at radius 3 is 1.76 bits per heavy atom. The van der Waals surface area contributed by atoms with E-state index in [1.54, 1.807) is 11.8 Å². The molecule has 0 amide bonds. The summed E-state index contributed by atoms with van der Waals surface area (Å²) in [6.07, 6.45) is 0. The minimum atomic E-state index is 0.124. The standard InChI is InChI=1S/C18H30N2S/c1-10(2)13(7)18(12(5)6)21-15(9)16(14(8)19)17(20)11(3)4/h10-11,20H,5,8,19H2,1-4,6-7,9H3/b16-15+,18-13+,20-17?. The summed E-state index contributed by atoms with van der Waals surface area (Å²) in [5.41, 5.74) is 10.0. The lowest BCUT2D eigenvalue weighted by atomic mass is 9.98. The predicted molar refractivity (Wildman–Crippen MR) is 98.5 cm³/mol. The summed E-state index contributed by atoms with van der Waals surface area (Å²) in [6.45, 7) is 22.4. The molecule has 0 aromatic carbocycles. The van der Waals surface area contributed by atoms with Crippen molar-refractivity contribution in [2.75, 3.05) is 0 Å². The predicted octanol–water partition coefficient (Wildman–Crippen LogP) is 5.65. The average molecular weight is 307 g/mol. The van der Waals surface area contributed by atoms with Crippen LogP contribution >= 0.6 is 11.8 Å². The highest BCUT2D eigenvalue weighted by molar-refractivity contribution is 8.07. The van der Waals surface area contributed by atoms with E-state index in [-0.39, 0.29) is 5.92 Å². The Morgan fingerprint density at radius 1 is 1.00 bits per heavy atom. The number of thioether (sulfide) groups is 1. The molecule has 21 heavy (non-hydrogen) atoms. The fourth-order valence-electron chi connectivity index (χ4n) is 1.85. The Kier molecular flexibility index (Phi) is 7.80. The summed E-state index contributed by atoms with van der Waals surface area (Å²) in [5, 5.41) is 8.25. The molecular weight excluding hydrogens is 276 g/mol. The molecule has 0 unspecified atom stereocenters. The number of nitrogens with two attached hydrogens (primary N) is 1. The van der Waals surface area contributed by atoms with Crippen molar-refractivity contribution in [3.05, 3.63) is 45.4 Å². The molecule has 0 atom stereocenters. The summed E-state index contributed by atoms with van der Waals surface area (Å²) in [4.78, 5) is 2.19. The Hall–Kier alpha value is -1.22. The quantitative estimate of drug-likeness (QED) is 0.472. The van der Waals surface area contributed by atoms with Crippen LogP contribution in [0.25, 0.3) is 0 Å². The maximum absolute atomic E-state index is 8.25. The van der Waals surface area contributed by atoms with Crippen LogP contribution in [0.4, 0.5) is 0 Å². The molecule has 0 radical (unpaired) electrons. The van der Waals surface area contributed by atoms with Gasteiger partial charge in [0.15, 0.2) is 0 Å². The SMILES string of the molecule is C=C(C)/C(S/C(C)=C(\C(=C)N)C(=N)C(C)C)=C(/C)C(C)C. The molecule has 0 aromatic rings. The third-order valence-corrected chi connectivity index (χ3v) is 4.77. The third-order valence-electron chi connectivity index (χ3n) is 3.39. The lowest BCUT2D eigenvalue weighted by Gasteiger charge is -2.19. The maximum atomic E-state index is 8.25. The summed E-state index contributed by atoms with van der Waals surface area (Å²) < 4.78 is 0. The second kappa shape index (κ2) is 8.28. The van der Waals surface area contributed by atoms with Crippen molar-refractivity contribution in [2.45, 2.75) is 48.5 Å². The molecule has 0 aliphatic rings. The summed E-state index contributed by atoms with van der Waals surface area (Å²) in [7, 11) is 0. The fraction of sp³-hybridized carbons (Fsp3) is 0.500. The zero-order valence-electron chi connectivity index (χ0n) is 14.6. The first-order valence-corrected chi connectivity index (χ1v) is 8.11. The molecule has 0 heterocycles. The first-order chi connectivity index (χ1) is 9.50. The van der Waals surface area contributed by atoms with E-state index in [9.17, 15) is 0 Å². The number of rotatable bonds is 7. The van der Waals surface area contributed by atoms with Gasteiger partial charge >= 0.3 is 0 Å². The van der Waals surface area contributed by atoms with Gasteiger partial charge in [-0.25, -0.2) is 0 Å². The van der Waals surface area contributed by atoms with Crippen LogP contribution in [0.5, 0.6) is 0 Å². The first kappa shape index (κ1) is 19.8. The second-order valence-electron chi connectivity index (χ2n) is 6.07. The largest absolute Gasteiger partial charge is 0.399 e. The van der Waals surface area contributed by atoms with Gasteiger partial charge in [0.1, 0.15) is 0 Å². The molecule has 118 valence electrons. The second-order valence-corrected chi connectivity index (χ2v) is 7.30. The lowest BCUT2D eigenvalue weighted by Crippen LogP contribution is -2.16. The van der Waals surface area contributed by atoms with E-state index in [0.717, 1.165) is 16.1 Å². The highest BCUT2D eigenvalue weighted by Crippen LogP contribution is 2.37. The maximum Gasteiger partial charge on any atom is 0.0440 e. The van der Waals surface area contributed by atoms with Crippen LogP contribution in [-0.2, 0) is 0 Å². The van der Waals surface area contributed by atoms with Crippen LogP contribution in [0.3, 0.4) is 0 Å². The van der Waals surface area contributed by atoms with Crippen molar-refractivity contribution >= 4 is 17.5 Å². The molecule has 0 rings (SSSR count). The minimum Gasteiger partial charge on any atom is -0.399 e. The van der Waals surface area contributed by atoms with Crippen molar-refractivity contribution in [3.63, 3.8) is 0 Å². The zero-order valence-corrected chi connectivity index (χ0v) is 15.4. The van der Waals surface area contributed by atoms with E-state index in [0.29, 0.717) is 17.3 Å². The fourth-order valence-corrected chi connectivity index (χ4v) is 3.07. The van der Waals surface area contributed by atoms with Gasteiger partial charge in [0.2, 0.25) is 0 Å². The van der Waals surface area contributed by atoms with Gasteiger partial charge in [-0.3, -0.25) is 0 Å². The summed E-state index contributed by atoms with van der Waals surface area (Å²) >= 11 is 1.65. The Bertz CT molecular complexity index is 505. The Balaban J connectivity index is 5.85. The van der Waals surface area contributed by atoms with E-state index < -0.39 is 0 Å². The normalized spacial score (nSPS) is 14.0. The number of hydrogen-bond acceptors (Lipinski definition) is 3. The van der Waals surface area contributed by atoms with Crippen molar-refractivity contribution in [1.82, 2.24) is 0 Å². The molecule has 3 N–H and O–H groups in total. The molecule has 0 bridgehead atoms. The van der Waals surface area contributed by atoms with Crippen molar-refractivity contribution in [2.24, 2.45) is 17.6 Å². The molecule has 2 nitrogen and oxygen atoms in total. The van der Waals surface area contributed by atoms with Crippen LogP contribution in [0.2, 0.25) is 0 Å². The number of allylic oxidation sites excluding steroid dienone is 4. The minimum absolute atomic E-state index is 0.124. The number of nitrogens with one attached hydrogen (secondary N) is 1. The first-order valence-electron chi connectivity index (χ1n) is 7.29. The van der Waals surface area contributed by atoms with Crippen molar-refractivity contribution in [3.8, 4) is 0 Å². The van der Waals surface area contributed by atoms with Crippen LogP contribution < -0.4 is 5.73 Å². The molecule has 0 aliphatic carbocycles. The van der Waals surface area contributed by atoms with Gasteiger partial charge in [-0.1, -0.05) is 58.2 Å². The summed E-state index contributed by atoms with van der Waals surface area (Å²) in [5.74, 6) is 0.588. The van der Waals surface area contributed by atoms with Gasteiger partial charge in [-0.2, -0.15) is 0 Å². The highest BCUT2D eigenvalue weighted by Gasteiger charge is 2.17. The van der Waals surface area contributed by atoms with Gasteiger partial charge in [-0.05, 0) is 43.1 Å². The van der Waals surface area contributed by atoms with Crippen LogP contribution in [-0.4, -0.2) is 5.71 Å². The number of hydrogen-bond donors (Lipinski definition) is 2. The Morgan fingerprint density at radius 2 is 1.48 bits per heavy atom.